The predicted octanol–water partition coefficient (Wildman–Crippen LogP) is 3.87. The lowest BCUT2D eigenvalue weighted by Crippen LogP contribution is -2.50. The number of sulfone groups is 1. The maximum atomic E-state index is 13.8. The number of furan rings is 1. The molecule has 0 aliphatic carbocycles. The van der Waals surface area contributed by atoms with Gasteiger partial charge >= 0.3 is 0 Å². The molecule has 40 heavy (non-hydrogen) atoms. The van der Waals surface area contributed by atoms with Crippen LogP contribution in [0.4, 0.5) is 5.69 Å². The van der Waals surface area contributed by atoms with E-state index in [1.807, 2.05) is 30.3 Å². The highest BCUT2D eigenvalue weighted by atomic mass is 32.2. The van der Waals surface area contributed by atoms with Gasteiger partial charge in [0.15, 0.2) is 5.76 Å². The van der Waals surface area contributed by atoms with Gasteiger partial charge in [-0.3, -0.25) is 14.4 Å². The predicted molar refractivity (Wildman–Crippen MR) is 146 cm³/mol. The summed E-state index contributed by atoms with van der Waals surface area (Å²) in [4.78, 5) is 44.5. The van der Waals surface area contributed by atoms with E-state index >= 15 is 0 Å². The largest absolute Gasteiger partial charge is 0.459 e. The summed E-state index contributed by atoms with van der Waals surface area (Å²) in [7, 11) is -4.04. The molecule has 4 aromatic rings. The van der Waals surface area contributed by atoms with Gasteiger partial charge in [0.2, 0.25) is 9.84 Å². The Morgan fingerprint density at radius 3 is 2.12 bits per heavy atom. The first-order chi connectivity index (χ1) is 19.3. The molecule has 202 valence electrons. The van der Waals surface area contributed by atoms with Crippen LogP contribution in [0.15, 0.2) is 105 Å². The van der Waals surface area contributed by atoms with Gasteiger partial charge in [-0.25, -0.2) is 8.42 Å². The molecule has 9 nitrogen and oxygen atoms in total. The van der Waals surface area contributed by atoms with Crippen LogP contribution >= 0.6 is 0 Å². The van der Waals surface area contributed by atoms with Crippen LogP contribution in [0.5, 0.6) is 0 Å². The Balaban J connectivity index is 1.34. The van der Waals surface area contributed by atoms with E-state index in [4.69, 9.17) is 4.42 Å². The molecule has 1 fully saturated rings. The van der Waals surface area contributed by atoms with E-state index in [2.05, 4.69) is 0 Å². The number of hydrogen-bond donors (Lipinski definition) is 0. The van der Waals surface area contributed by atoms with Crippen molar-refractivity contribution in [3.63, 3.8) is 0 Å². The van der Waals surface area contributed by atoms with Gasteiger partial charge in [-0.1, -0.05) is 42.5 Å². The smallest absolute Gasteiger partial charge is 0.289 e. The standard InChI is InChI=1S/C30H25N3O6S/c34-28(31-14-16-32(17-15-31)30(36)25-10-6-18-39-25)22-12-13-27-24(19-22)33(20-21-7-2-1-3-8-21)29(35)23-9-4-5-11-26(23)40(27,37)38/h1-13,18-19H,14-17,20H2. The van der Waals surface area contributed by atoms with Crippen molar-refractivity contribution >= 4 is 33.2 Å². The molecule has 3 heterocycles. The fraction of sp³-hybridized carbons (Fsp3) is 0.167. The molecule has 2 aliphatic heterocycles. The lowest BCUT2D eigenvalue weighted by molar-refractivity contribution is 0.0518. The molecular formula is C30H25N3O6S. The van der Waals surface area contributed by atoms with E-state index in [-0.39, 0.29) is 50.7 Å². The first kappa shape index (κ1) is 25.6. The average molecular weight is 556 g/mol. The van der Waals surface area contributed by atoms with Crippen LogP contribution in [-0.2, 0) is 16.4 Å². The summed E-state index contributed by atoms with van der Waals surface area (Å²) >= 11 is 0. The van der Waals surface area contributed by atoms with E-state index in [1.54, 1.807) is 34.1 Å². The zero-order valence-electron chi connectivity index (χ0n) is 21.4. The van der Waals surface area contributed by atoms with Gasteiger partial charge in [-0.05, 0) is 48.0 Å². The van der Waals surface area contributed by atoms with Gasteiger partial charge in [-0.15, -0.1) is 0 Å². The lowest BCUT2D eigenvalue weighted by Gasteiger charge is -2.34. The van der Waals surface area contributed by atoms with Crippen LogP contribution in [0.3, 0.4) is 0 Å². The van der Waals surface area contributed by atoms with Crippen LogP contribution in [0, 0.1) is 0 Å². The van der Waals surface area contributed by atoms with Crippen LogP contribution in [-0.4, -0.2) is 62.1 Å². The number of rotatable bonds is 4. The SMILES string of the molecule is O=C(c1ccc2c(c1)N(Cc1ccccc1)C(=O)c1ccccc1S2(=O)=O)N1CCN(C(=O)c2ccco2)CC1. The Labute approximate surface area is 231 Å². The monoisotopic (exact) mass is 555 g/mol. The Morgan fingerprint density at radius 2 is 1.43 bits per heavy atom. The van der Waals surface area contributed by atoms with Gasteiger partial charge in [0.25, 0.3) is 17.7 Å². The highest BCUT2D eigenvalue weighted by molar-refractivity contribution is 7.91. The Morgan fingerprint density at radius 1 is 0.750 bits per heavy atom. The number of amides is 3. The topological polar surface area (TPSA) is 108 Å². The average Bonchev–Trinajstić information content (AvgIpc) is 3.52. The van der Waals surface area contributed by atoms with E-state index in [9.17, 15) is 22.8 Å². The van der Waals surface area contributed by atoms with Crippen molar-refractivity contribution in [2.24, 2.45) is 0 Å². The van der Waals surface area contributed by atoms with Gasteiger partial charge in [0, 0.05) is 31.7 Å². The van der Waals surface area contributed by atoms with Crippen molar-refractivity contribution in [3.05, 3.63) is 114 Å². The lowest BCUT2D eigenvalue weighted by atomic mass is 10.1. The Kier molecular flexibility index (Phi) is 6.47. The molecule has 10 heteroatoms. The highest BCUT2D eigenvalue weighted by Crippen LogP contribution is 2.38. The number of hydrogen-bond acceptors (Lipinski definition) is 6. The summed E-state index contributed by atoms with van der Waals surface area (Å²) in [5, 5.41) is 0. The van der Waals surface area contributed by atoms with E-state index in [1.165, 1.54) is 41.5 Å². The third kappa shape index (κ3) is 4.46. The van der Waals surface area contributed by atoms with Crippen LogP contribution in [0.1, 0.15) is 36.8 Å². The van der Waals surface area contributed by atoms with E-state index < -0.39 is 15.7 Å². The molecule has 3 amide bonds. The second-order valence-corrected chi connectivity index (χ2v) is 11.5. The maximum absolute atomic E-state index is 13.8. The maximum Gasteiger partial charge on any atom is 0.289 e. The number of benzene rings is 3. The van der Waals surface area contributed by atoms with E-state index in [0.717, 1.165) is 5.56 Å². The molecule has 2 aliphatic rings. The summed E-state index contributed by atoms with van der Waals surface area (Å²) in [5.74, 6) is -0.756. The minimum absolute atomic E-state index is 0.0351. The number of fused-ring (bicyclic) bond motifs is 2. The minimum Gasteiger partial charge on any atom is -0.459 e. The van der Waals surface area contributed by atoms with Gasteiger partial charge in [0.05, 0.1) is 33.8 Å². The molecule has 3 aromatic carbocycles. The fourth-order valence-corrected chi connectivity index (χ4v) is 6.74. The molecule has 0 N–H and O–H groups in total. The number of piperazine rings is 1. The van der Waals surface area contributed by atoms with E-state index in [0.29, 0.717) is 26.2 Å². The third-order valence-corrected chi connectivity index (χ3v) is 9.07. The van der Waals surface area contributed by atoms with Gasteiger partial charge in [-0.2, -0.15) is 0 Å². The normalized spacial score (nSPS) is 16.2. The summed E-state index contributed by atoms with van der Waals surface area (Å²) in [6.45, 7) is 1.40. The summed E-state index contributed by atoms with van der Waals surface area (Å²) in [5.41, 5.74) is 1.31. The van der Waals surface area contributed by atoms with Crippen LogP contribution in [0.25, 0.3) is 0 Å². The van der Waals surface area contributed by atoms with Crippen LogP contribution < -0.4 is 4.90 Å². The number of anilines is 1. The van der Waals surface area contributed by atoms with Gasteiger partial charge < -0.3 is 19.1 Å². The van der Waals surface area contributed by atoms with Crippen molar-refractivity contribution in [1.82, 2.24) is 9.80 Å². The minimum atomic E-state index is -4.04. The second kappa shape index (κ2) is 10.1. The summed E-state index contributed by atoms with van der Waals surface area (Å²) < 4.78 is 32.6. The zero-order chi connectivity index (χ0) is 27.9. The quantitative estimate of drug-likeness (QED) is 0.378. The van der Waals surface area contributed by atoms with Crippen molar-refractivity contribution in [1.29, 1.82) is 0 Å². The molecule has 0 bridgehead atoms. The van der Waals surface area contributed by atoms with Crippen molar-refractivity contribution in [3.8, 4) is 0 Å². The molecule has 6 rings (SSSR count). The molecule has 1 aromatic heterocycles. The third-order valence-electron chi connectivity index (χ3n) is 7.21. The molecular weight excluding hydrogens is 530 g/mol. The zero-order valence-corrected chi connectivity index (χ0v) is 22.2. The number of carbonyl (C=O) groups is 3. The first-order valence-corrected chi connectivity index (χ1v) is 14.3. The molecule has 1 saturated heterocycles. The molecule has 0 spiro atoms. The van der Waals surface area contributed by atoms with Gasteiger partial charge in [0.1, 0.15) is 0 Å². The summed E-state index contributed by atoms with van der Waals surface area (Å²) in [6, 6.07) is 23.1. The van der Waals surface area contributed by atoms with Crippen molar-refractivity contribution in [2.45, 2.75) is 16.3 Å². The van der Waals surface area contributed by atoms with Crippen molar-refractivity contribution in [2.75, 3.05) is 31.1 Å². The molecule has 0 atom stereocenters. The number of nitrogens with zero attached hydrogens (tertiary/aromatic N) is 3. The highest BCUT2D eigenvalue weighted by Gasteiger charge is 2.36. The molecule has 0 saturated carbocycles. The van der Waals surface area contributed by atoms with Crippen molar-refractivity contribution < 1.29 is 27.2 Å². The first-order valence-electron chi connectivity index (χ1n) is 12.8. The molecule has 0 unspecified atom stereocenters. The Hall–Kier alpha value is -4.70. The molecule has 0 radical (unpaired) electrons. The second-order valence-electron chi connectivity index (χ2n) is 9.62. The Bertz CT molecular complexity index is 1710. The van der Waals surface area contributed by atoms with Crippen LogP contribution in [0.2, 0.25) is 0 Å². The summed E-state index contributed by atoms with van der Waals surface area (Å²) in [6.07, 6.45) is 1.44. The number of carbonyl (C=O) groups excluding carboxylic acids is 3. The fourth-order valence-electron chi connectivity index (χ4n) is 5.11.